The Morgan fingerprint density at radius 1 is 1.19 bits per heavy atom. The molecule has 27 heavy (non-hydrogen) atoms. The van der Waals surface area contributed by atoms with Crippen LogP contribution in [-0.4, -0.2) is 38.4 Å². The van der Waals surface area contributed by atoms with Crippen LogP contribution in [0.2, 0.25) is 0 Å². The van der Waals surface area contributed by atoms with Crippen molar-refractivity contribution in [3.8, 4) is 11.4 Å². The van der Waals surface area contributed by atoms with E-state index in [9.17, 15) is 9.59 Å². The predicted molar refractivity (Wildman–Crippen MR) is 105 cm³/mol. The van der Waals surface area contributed by atoms with Crippen molar-refractivity contribution in [2.75, 3.05) is 6.61 Å². The largest absolute Gasteiger partial charge is 0.465 e. The summed E-state index contributed by atoms with van der Waals surface area (Å²) in [6.45, 7) is 3.39. The lowest BCUT2D eigenvalue weighted by atomic mass is 9.95. The van der Waals surface area contributed by atoms with Crippen molar-refractivity contribution in [2.24, 2.45) is 0 Å². The van der Waals surface area contributed by atoms with E-state index in [2.05, 4.69) is 14.8 Å². The van der Waals surface area contributed by atoms with Crippen LogP contribution in [0.25, 0.3) is 11.4 Å². The molecule has 0 saturated heterocycles. The molecule has 1 aromatic carbocycles. The Morgan fingerprint density at radius 2 is 1.89 bits per heavy atom. The molecular formula is C20H25N3O3S. The van der Waals surface area contributed by atoms with Crippen LogP contribution >= 0.6 is 11.8 Å². The number of nitrogens with zero attached hydrogens (tertiary/aromatic N) is 3. The topological polar surface area (TPSA) is 74.1 Å². The van der Waals surface area contributed by atoms with E-state index < -0.39 is 11.2 Å². The molecule has 0 aliphatic heterocycles. The first-order valence-corrected chi connectivity index (χ1v) is 10.3. The number of ether oxygens (including phenoxy) is 1. The smallest absolute Gasteiger partial charge is 0.327 e. The Kier molecular flexibility index (Phi) is 6.66. The van der Waals surface area contributed by atoms with Crippen LogP contribution < -0.4 is 0 Å². The number of esters is 1. The molecule has 2 aromatic rings. The third-order valence-electron chi connectivity index (χ3n) is 4.73. The minimum absolute atomic E-state index is 0.238. The van der Waals surface area contributed by atoms with Crippen molar-refractivity contribution in [1.82, 2.24) is 14.8 Å². The second-order valence-corrected chi connectivity index (χ2v) is 7.77. The first-order chi connectivity index (χ1) is 13.1. The van der Waals surface area contributed by atoms with Gasteiger partial charge in [0.25, 0.3) is 0 Å². The van der Waals surface area contributed by atoms with E-state index in [0.717, 1.165) is 48.8 Å². The second kappa shape index (κ2) is 9.17. The van der Waals surface area contributed by atoms with Gasteiger partial charge in [0.2, 0.25) is 0 Å². The summed E-state index contributed by atoms with van der Waals surface area (Å²) in [7, 11) is 0. The average molecular weight is 388 g/mol. The molecule has 0 amide bonds. The molecule has 0 radical (unpaired) electrons. The molecule has 1 aliphatic rings. The molecule has 6 nitrogen and oxygen atoms in total. The Labute approximate surface area is 163 Å². The second-order valence-electron chi connectivity index (χ2n) is 6.69. The Balaban J connectivity index is 1.98. The van der Waals surface area contributed by atoms with Crippen molar-refractivity contribution in [1.29, 1.82) is 0 Å². The number of hydrogen-bond acceptors (Lipinski definition) is 6. The first-order valence-electron chi connectivity index (χ1n) is 9.46. The molecule has 7 heteroatoms. The third kappa shape index (κ3) is 4.58. The summed E-state index contributed by atoms with van der Waals surface area (Å²) in [5.74, 6) is 0.0310. The zero-order chi connectivity index (χ0) is 19.2. The number of carbonyl (C=O) groups excluding carboxylic acids is 2. The number of ketones is 1. The van der Waals surface area contributed by atoms with E-state index in [1.165, 1.54) is 13.3 Å². The Morgan fingerprint density at radius 3 is 2.52 bits per heavy atom. The summed E-state index contributed by atoms with van der Waals surface area (Å²) in [4.78, 5) is 24.3. The maximum absolute atomic E-state index is 12.2. The number of thioether (sulfide) groups is 1. The highest BCUT2D eigenvalue weighted by atomic mass is 32.2. The van der Waals surface area contributed by atoms with Gasteiger partial charge in [-0.15, -0.1) is 10.2 Å². The molecule has 144 valence electrons. The average Bonchev–Trinajstić information content (AvgIpc) is 3.11. The van der Waals surface area contributed by atoms with Crippen LogP contribution in [0, 0.1) is 0 Å². The van der Waals surface area contributed by atoms with Crippen molar-refractivity contribution in [3.63, 3.8) is 0 Å². The van der Waals surface area contributed by atoms with Crippen LogP contribution in [-0.2, 0) is 14.3 Å². The van der Waals surface area contributed by atoms with E-state index in [4.69, 9.17) is 4.74 Å². The molecule has 1 aliphatic carbocycles. The Bertz CT molecular complexity index is 785. The van der Waals surface area contributed by atoms with E-state index in [1.807, 2.05) is 30.3 Å². The van der Waals surface area contributed by atoms with E-state index in [0.29, 0.717) is 5.16 Å². The number of rotatable bonds is 7. The number of hydrogen-bond donors (Lipinski definition) is 0. The zero-order valence-corrected chi connectivity index (χ0v) is 16.6. The van der Waals surface area contributed by atoms with Gasteiger partial charge in [-0.05, 0) is 26.7 Å². The van der Waals surface area contributed by atoms with Crippen LogP contribution in [0.3, 0.4) is 0 Å². The van der Waals surface area contributed by atoms with Gasteiger partial charge >= 0.3 is 5.97 Å². The van der Waals surface area contributed by atoms with Crippen LogP contribution in [0.1, 0.15) is 52.0 Å². The van der Waals surface area contributed by atoms with Crippen molar-refractivity contribution in [2.45, 2.75) is 62.4 Å². The quantitative estimate of drug-likeness (QED) is 0.405. The highest BCUT2D eigenvalue weighted by Gasteiger charge is 2.31. The van der Waals surface area contributed by atoms with Gasteiger partial charge in [0.15, 0.2) is 22.0 Å². The minimum Gasteiger partial charge on any atom is -0.465 e. The van der Waals surface area contributed by atoms with E-state index in [-0.39, 0.29) is 18.4 Å². The van der Waals surface area contributed by atoms with Gasteiger partial charge in [-0.25, -0.2) is 0 Å². The van der Waals surface area contributed by atoms with Gasteiger partial charge in [-0.2, -0.15) is 0 Å². The van der Waals surface area contributed by atoms with E-state index >= 15 is 0 Å². The van der Waals surface area contributed by atoms with E-state index in [1.54, 1.807) is 6.92 Å². The number of benzene rings is 1. The van der Waals surface area contributed by atoms with Gasteiger partial charge in [0.05, 0.1) is 6.61 Å². The summed E-state index contributed by atoms with van der Waals surface area (Å²) in [5.41, 5.74) is 0.984. The summed E-state index contributed by atoms with van der Waals surface area (Å²) in [5, 5.41) is 8.45. The minimum atomic E-state index is -0.917. The molecule has 3 rings (SSSR count). The standard InChI is InChI=1S/C20H25N3O3S/c1-3-26-19(25)17(14(2)24)27-20-22-21-18(15-10-6-4-7-11-15)23(20)16-12-8-5-9-13-16/h4,6-7,10-11,16-17H,3,5,8-9,12-13H2,1-2H3. The zero-order valence-electron chi connectivity index (χ0n) is 15.8. The molecule has 0 spiro atoms. The third-order valence-corrected chi connectivity index (χ3v) is 5.98. The van der Waals surface area contributed by atoms with Gasteiger partial charge < -0.3 is 4.74 Å². The molecule has 0 N–H and O–H groups in total. The van der Waals surface area contributed by atoms with Crippen LogP contribution in [0.15, 0.2) is 35.5 Å². The lowest BCUT2D eigenvalue weighted by molar-refractivity contribution is -0.144. The highest BCUT2D eigenvalue weighted by molar-refractivity contribution is 8.01. The monoisotopic (exact) mass is 387 g/mol. The fraction of sp³-hybridized carbons (Fsp3) is 0.500. The molecule has 1 unspecified atom stereocenters. The van der Waals surface area contributed by atoms with Crippen molar-refractivity contribution >= 4 is 23.5 Å². The first kappa shape index (κ1) is 19.6. The molecule has 1 saturated carbocycles. The van der Waals surface area contributed by atoms with Gasteiger partial charge in [0, 0.05) is 11.6 Å². The summed E-state index contributed by atoms with van der Waals surface area (Å²) < 4.78 is 7.20. The summed E-state index contributed by atoms with van der Waals surface area (Å²) in [6.07, 6.45) is 5.66. The highest BCUT2D eigenvalue weighted by Crippen LogP contribution is 2.36. The molecule has 1 heterocycles. The van der Waals surface area contributed by atoms with Crippen LogP contribution in [0.5, 0.6) is 0 Å². The predicted octanol–water partition coefficient (Wildman–Crippen LogP) is 4.06. The SMILES string of the molecule is CCOC(=O)C(Sc1nnc(-c2ccccc2)n1C1CCCCC1)C(C)=O. The fourth-order valence-electron chi connectivity index (χ4n) is 3.43. The molecule has 0 bridgehead atoms. The maximum Gasteiger partial charge on any atom is 0.327 e. The normalized spacial score (nSPS) is 16.1. The Hall–Kier alpha value is -2.15. The summed E-state index contributed by atoms with van der Waals surface area (Å²) in [6, 6.07) is 10.2. The lowest BCUT2D eigenvalue weighted by Gasteiger charge is -2.26. The van der Waals surface area contributed by atoms with Gasteiger partial charge in [-0.1, -0.05) is 61.4 Å². The number of carbonyl (C=O) groups is 2. The van der Waals surface area contributed by atoms with Crippen LogP contribution in [0.4, 0.5) is 0 Å². The number of Topliss-reactive ketones (excluding diaryl/α,β-unsaturated/α-hetero) is 1. The summed E-state index contributed by atoms with van der Waals surface area (Å²) >= 11 is 1.15. The van der Waals surface area contributed by atoms with Gasteiger partial charge in [0.1, 0.15) is 0 Å². The van der Waals surface area contributed by atoms with Crippen molar-refractivity contribution < 1.29 is 14.3 Å². The van der Waals surface area contributed by atoms with Crippen molar-refractivity contribution in [3.05, 3.63) is 30.3 Å². The van der Waals surface area contributed by atoms with Gasteiger partial charge in [-0.3, -0.25) is 14.2 Å². The fourth-order valence-corrected chi connectivity index (χ4v) is 4.41. The molecular weight excluding hydrogens is 362 g/mol. The molecule has 1 fully saturated rings. The molecule has 1 atom stereocenters. The molecule has 1 aromatic heterocycles. The maximum atomic E-state index is 12.2. The lowest BCUT2D eigenvalue weighted by Crippen LogP contribution is -2.28. The number of aromatic nitrogens is 3.